The van der Waals surface area contributed by atoms with Crippen LogP contribution in [-0.2, 0) is 20.9 Å². The number of alkyl halides is 4. The topological polar surface area (TPSA) is 86.7 Å². The van der Waals surface area contributed by atoms with Crippen LogP contribution in [0.3, 0.4) is 0 Å². The lowest BCUT2D eigenvalue weighted by molar-refractivity contribution is -0.126. The summed E-state index contributed by atoms with van der Waals surface area (Å²) in [4.78, 5) is 2.56. The number of piperidine rings is 1. The molecule has 0 unspecified atom stereocenters. The van der Waals surface area contributed by atoms with E-state index in [1.54, 1.807) is 36.4 Å². The number of nitrogens with one attached hydrogen (secondary N) is 3. The monoisotopic (exact) mass is 624 g/mol. The summed E-state index contributed by atoms with van der Waals surface area (Å²) < 4.78 is 87.8. The molecule has 0 saturated carbocycles. The summed E-state index contributed by atoms with van der Waals surface area (Å²) in [6, 6.07) is 9.47. The quantitative estimate of drug-likeness (QED) is 0.219. The molecule has 2 fully saturated rings. The zero-order chi connectivity index (χ0) is 30.1. The third kappa shape index (κ3) is 6.62. The predicted molar refractivity (Wildman–Crippen MR) is 158 cm³/mol. The molecule has 1 aromatic heterocycles. The molecule has 2 saturated heterocycles. The molecule has 3 N–H and O–H groups in total. The van der Waals surface area contributed by atoms with Crippen LogP contribution in [-0.4, -0.2) is 79.8 Å². The maximum atomic E-state index is 14.7. The highest BCUT2D eigenvalue weighted by molar-refractivity contribution is 7.93. The Bertz CT molecular complexity index is 1610. The Hall–Kier alpha value is -3.05. The Kier molecular flexibility index (Phi) is 8.89. The van der Waals surface area contributed by atoms with E-state index in [4.69, 9.17) is 14.3 Å². The molecule has 2 aromatic carbocycles. The van der Waals surface area contributed by atoms with Crippen molar-refractivity contribution in [3.63, 3.8) is 0 Å². The highest BCUT2D eigenvalue weighted by Gasteiger charge is 2.33. The second-order valence-electron chi connectivity index (χ2n) is 10.5. The number of hydrogen-bond donors (Lipinski definition) is 3. The first-order valence-electron chi connectivity index (χ1n) is 13.4. The average Bonchev–Trinajstić information content (AvgIpc) is 3.23. The summed E-state index contributed by atoms with van der Waals surface area (Å²) in [7, 11) is 0.272. The highest BCUT2D eigenvalue weighted by atomic mass is 32.2. The smallest absolute Gasteiger partial charge is 0.393 e. The van der Waals surface area contributed by atoms with Gasteiger partial charge < -0.3 is 25.0 Å². The number of benzene rings is 2. The van der Waals surface area contributed by atoms with Gasteiger partial charge in [0.15, 0.2) is 0 Å². The van der Waals surface area contributed by atoms with Crippen molar-refractivity contribution >= 4 is 42.5 Å². The molecular weight excluding hydrogens is 592 g/mol. The largest absolute Gasteiger partial charge is 0.495 e. The third-order valence-electron chi connectivity index (χ3n) is 7.45. The van der Waals surface area contributed by atoms with Crippen molar-refractivity contribution in [3.05, 3.63) is 46.8 Å². The van der Waals surface area contributed by atoms with Crippen LogP contribution in [0, 0.1) is 16.6 Å². The SMILES string of the molecule is COc1cc([S@](=N)(=O)C2COC2)ccc1NCC#Cc1sc2c(N[C@@H]3CCN(C)C[C@@H]3F)cccc2c1CC(F)(F)F. The molecule has 2 aliphatic heterocycles. The molecule has 0 bridgehead atoms. The van der Waals surface area contributed by atoms with Crippen molar-refractivity contribution < 1.29 is 31.2 Å². The number of methoxy groups -OCH3 is 1. The molecule has 0 aliphatic carbocycles. The van der Waals surface area contributed by atoms with Gasteiger partial charge >= 0.3 is 6.18 Å². The number of nitrogens with zero attached hydrogens (tertiary/aromatic N) is 1. The normalized spacial score (nSPS) is 21.2. The number of thiophene rings is 1. The van der Waals surface area contributed by atoms with E-state index in [1.165, 1.54) is 18.4 Å². The third-order valence-corrected chi connectivity index (χ3v) is 10.8. The van der Waals surface area contributed by atoms with Crippen molar-refractivity contribution in [1.82, 2.24) is 4.90 Å². The molecule has 42 heavy (non-hydrogen) atoms. The molecule has 0 radical (unpaired) electrons. The van der Waals surface area contributed by atoms with Gasteiger partial charge in [-0.25, -0.2) is 13.4 Å². The number of anilines is 2. The standard InChI is InChI=1S/C29H32F4N4O3S2/c1-37-12-10-23(22(30)15-37)36-25-6-3-5-20-21(14-29(31,32)33)27(41-28(20)25)7-4-11-35-24-9-8-18(13-26(24)39-2)42(34,38)19-16-40-17-19/h3,5-6,8-9,13,19,22-23,34-36H,10-12,14-17H2,1-2H3/t22-,23+,42-/m0/s1. The minimum absolute atomic E-state index is 0.103. The fraction of sp³-hybridized carbons (Fsp3) is 0.448. The van der Waals surface area contributed by atoms with Gasteiger partial charge in [-0.15, -0.1) is 11.3 Å². The second kappa shape index (κ2) is 12.3. The molecular formula is C29H32F4N4O3S2. The molecule has 3 heterocycles. The van der Waals surface area contributed by atoms with Crippen LogP contribution < -0.4 is 15.4 Å². The van der Waals surface area contributed by atoms with Crippen LogP contribution >= 0.6 is 11.3 Å². The van der Waals surface area contributed by atoms with E-state index in [2.05, 4.69) is 22.5 Å². The van der Waals surface area contributed by atoms with Gasteiger partial charge in [-0.2, -0.15) is 13.2 Å². The minimum atomic E-state index is -4.43. The summed E-state index contributed by atoms with van der Waals surface area (Å²) in [5.74, 6) is 6.20. The van der Waals surface area contributed by atoms with Gasteiger partial charge in [-0.05, 0) is 48.7 Å². The number of ether oxygens (including phenoxy) is 2. The number of hydrogen-bond acceptors (Lipinski definition) is 8. The number of likely N-dealkylation sites (tertiary alicyclic amines) is 1. The van der Waals surface area contributed by atoms with Crippen molar-refractivity contribution in [2.75, 3.05) is 57.6 Å². The van der Waals surface area contributed by atoms with Crippen LogP contribution in [0.25, 0.3) is 10.1 Å². The van der Waals surface area contributed by atoms with Crippen LogP contribution in [0.4, 0.5) is 28.9 Å². The van der Waals surface area contributed by atoms with Crippen molar-refractivity contribution in [2.24, 2.45) is 0 Å². The lowest BCUT2D eigenvalue weighted by atomic mass is 10.0. The zero-order valence-electron chi connectivity index (χ0n) is 23.1. The molecule has 226 valence electrons. The average molecular weight is 625 g/mol. The molecule has 7 nitrogen and oxygen atoms in total. The van der Waals surface area contributed by atoms with Gasteiger partial charge in [-0.1, -0.05) is 24.0 Å². The summed E-state index contributed by atoms with van der Waals surface area (Å²) in [6.07, 6.45) is -6.06. The molecule has 3 atom stereocenters. The fourth-order valence-electron chi connectivity index (χ4n) is 5.05. The van der Waals surface area contributed by atoms with E-state index in [9.17, 15) is 21.8 Å². The first-order chi connectivity index (χ1) is 20.0. The Morgan fingerprint density at radius 1 is 1.24 bits per heavy atom. The number of halogens is 4. The van der Waals surface area contributed by atoms with E-state index >= 15 is 0 Å². The van der Waals surface area contributed by atoms with Gasteiger partial charge in [0.05, 0.1) is 80.2 Å². The fourth-order valence-corrected chi connectivity index (χ4v) is 7.73. The van der Waals surface area contributed by atoms with E-state index in [0.29, 0.717) is 49.9 Å². The molecule has 2 aliphatic rings. The van der Waals surface area contributed by atoms with Gasteiger partial charge in [0, 0.05) is 13.1 Å². The number of rotatable bonds is 8. The van der Waals surface area contributed by atoms with Crippen LogP contribution in [0.15, 0.2) is 41.3 Å². The van der Waals surface area contributed by atoms with Crippen molar-refractivity contribution in [1.29, 1.82) is 4.78 Å². The molecule has 0 spiro atoms. The molecule has 13 heteroatoms. The second-order valence-corrected chi connectivity index (χ2v) is 13.8. The van der Waals surface area contributed by atoms with Gasteiger partial charge in [0.1, 0.15) is 11.9 Å². The number of fused-ring (bicyclic) bond motifs is 1. The Labute approximate surface area is 246 Å². The maximum absolute atomic E-state index is 14.7. The lowest BCUT2D eigenvalue weighted by Crippen LogP contribution is -2.46. The highest BCUT2D eigenvalue weighted by Crippen LogP contribution is 2.39. The van der Waals surface area contributed by atoms with E-state index in [0.717, 1.165) is 6.54 Å². The summed E-state index contributed by atoms with van der Waals surface area (Å²) in [6.45, 7) is 1.69. The van der Waals surface area contributed by atoms with Gasteiger partial charge in [0.2, 0.25) is 0 Å². The van der Waals surface area contributed by atoms with Crippen molar-refractivity contribution in [3.8, 4) is 17.6 Å². The lowest BCUT2D eigenvalue weighted by Gasteiger charge is -2.33. The minimum Gasteiger partial charge on any atom is -0.495 e. The molecule has 3 aromatic rings. The van der Waals surface area contributed by atoms with Gasteiger partial charge in [-0.3, -0.25) is 0 Å². The Balaban J connectivity index is 1.37. The van der Waals surface area contributed by atoms with E-state index in [1.807, 2.05) is 11.9 Å². The molecule has 0 amide bonds. The Morgan fingerprint density at radius 2 is 2.02 bits per heavy atom. The van der Waals surface area contributed by atoms with E-state index in [-0.39, 0.29) is 30.6 Å². The maximum Gasteiger partial charge on any atom is 0.393 e. The summed E-state index contributed by atoms with van der Waals surface area (Å²) in [5, 5.41) is 6.42. The Morgan fingerprint density at radius 3 is 2.69 bits per heavy atom. The van der Waals surface area contributed by atoms with Gasteiger partial charge in [0.25, 0.3) is 0 Å². The first kappa shape index (κ1) is 30.4. The summed E-state index contributed by atoms with van der Waals surface area (Å²) in [5.41, 5.74) is 1.26. The van der Waals surface area contributed by atoms with Crippen LogP contribution in [0.2, 0.25) is 0 Å². The van der Waals surface area contributed by atoms with Crippen LogP contribution in [0.1, 0.15) is 16.9 Å². The molecule has 5 rings (SSSR count). The van der Waals surface area contributed by atoms with Crippen LogP contribution in [0.5, 0.6) is 5.75 Å². The zero-order valence-corrected chi connectivity index (χ0v) is 24.8. The van der Waals surface area contributed by atoms with E-state index < -0.39 is 34.5 Å². The first-order valence-corrected chi connectivity index (χ1v) is 15.9. The van der Waals surface area contributed by atoms with Crippen molar-refractivity contribution in [2.45, 2.75) is 41.4 Å². The predicted octanol–water partition coefficient (Wildman–Crippen LogP) is 5.74. The summed E-state index contributed by atoms with van der Waals surface area (Å²) >= 11 is 1.17.